The normalized spacial score (nSPS) is 10.4. The maximum atomic E-state index is 12.4. The van der Waals surface area contributed by atoms with E-state index in [4.69, 9.17) is 28.3 Å². The van der Waals surface area contributed by atoms with Crippen molar-refractivity contribution >= 4 is 64.1 Å². The van der Waals surface area contributed by atoms with Crippen molar-refractivity contribution in [3.05, 3.63) is 87.9 Å². The van der Waals surface area contributed by atoms with Crippen molar-refractivity contribution in [3.8, 4) is 0 Å². The molecule has 0 fully saturated rings. The number of hydrogen-bond donors (Lipinski definition) is 3. The highest BCUT2D eigenvalue weighted by Gasteiger charge is 2.11. The fraction of sp³-hybridized carbons (Fsp3) is 0.0455. The largest absolute Gasteiger partial charge is 0.478 e. The molecule has 0 unspecified atom stereocenters. The van der Waals surface area contributed by atoms with Gasteiger partial charge in [0, 0.05) is 21.3 Å². The molecule has 0 aromatic heterocycles. The van der Waals surface area contributed by atoms with Gasteiger partial charge in [-0.15, -0.1) is 11.8 Å². The van der Waals surface area contributed by atoms with E-state index in [9.17, 15) is 14.4 Å². The lowest BCUT2D eigenvalue weighted by Crippen LogP contribution is -2.14. The minimum Gasteiger partial charge on any atom is -0.478 e. The first kappa shape index (κ1) is 22.7. The fourth-order valence-corrected chi connectivity index (χ4v) is 3.78. The molecule has 0 heterocycles. The summed E-state index contributed by atoms with van der Waals surface area (Å²) in [6, 6.07) is 17.7. The van der Waals surface area contributed by atoms with Crippen molar-refractivity contribution in [2.45, 2.75) is 4.90 Å². The molecule has 3 aromatic rings. The topological polar surface area (TPSA) is 95.5 Å². The molecule has 0 aliphatic rings. The zero-order chi connectivity index (χ0) is 22.4. The van der Waals surface area contributed by atoms with Crippen LogP contribution in [0.3, 0.4) is 0 Å². The van der Waals surface area contributed by atoms with Crippen molar-refractivity contribution in [2.75, 3.05) is 16.4 Å². The van der Waals surface area contributed by atoms with Crippen molar-refractivity contribution < 1.29 is 19.5 Å². The molecular weight excluding hydrogens is 459 g/mol. The van der Waals surface area contributed by atoms with Crippen LogP contribution >= 0.6 is 35.0 Å². The minimum atomic E-state index is -1.06. The Morgan fingerprint density at radius 3 is 2.29 bits per heavy atom. The highest BCUT2D eigenvalue weighted by Crippen LogP contribution is 2.24. The molecule has 0 saturated heterocycles. The van der Waals surface area contributed by atoms with Gasteiger partial charge in [-0.05, 0) is 60.7 Å². The molecule has 0 spiro atoms. The number of nitrogens with one attached hydrogen (secondary N) is 2. The summed E-state index contributed by atoms with van der Waals surface area (Å²) in [7, 11) is 0. The predicted octanol–water partition coefficient (Wildman–Crippen LogP) is 5.67. The van der Waals surface area contributed by atoms with Gasteiger partial charge in [0.25, 0.3) is 5.91 Å². The number of carbonyl (C=O) groups excluding carboxylic acids is 2. The lowest BCUT2D eigenvalue weighted by atomic mass is 10.2. The van der Waals surface area contributed by atoms with Gasteiger partial charge < -0.3 is 15.7 Å². The van der Waals surface area contributed by atoms with E-state index in [1.165, 1.54) is 30.0 Å². The molecule has 0 aliphatic carbocycles. The average Bonchev–Trinajstić information content (AvgIpc) is 2.73. The predicted molar refractivity (Wildman–Crippen MR) is 124 cm³/mol. The highest BCUT2D eigenvalue weighted by molar-refractivity contribution is 8.00. The summed E-state index contributed by atoms with van der Waals surface area (Å²) in [5.74, 6) is -1.54. The van der Waals surface area contributed by atoms with Crippen LogP contribution in [0.4, 0.5) is 11.4 Å². The van der Waals surface area contributed by atoms with Gasteiger partial charge in [0.2, 0.25) is 5.91 Å². The van der Waals surface area contributed by atoms with E-state index in [2.05, 4.69) is 10.6 Å². The SMILES string of the molecule is O=C(CSc1ccc(NC(=O)c2ccc(Cl)cc2Cl)cc1)Nc1cccc(C(=O)O)c1. The van der Waals surface area contributed by atoms with Crippen LogP contribution in [0.15, 0.2) is 71.6 Å². The van der Waals surface area contributed by atoms with E-state index in [0.29, 0.717) is 22.0 Å². The summed E-state index contributed by atoms with van der Waals surface area (Å²) in [5, 5.41) is 15.1. The second-order valence-corrected chi connectivity index (χ2v) is 8.22. The number of thioether (sulfide) groups is 1. The number of aromatic carboxylic acids is 1. The van der Waals surface area contributed by atoms with Gasteiger partial charge in [-0.25, -0.2) is 4.79 Å². The summed E-state index contributed by atoms with van der Waals surface area (Å²) < 4.78 is 0. The molecule has 3 aromatic carbocycles. The van der Waals surface area contributed by atoms with Crippen LogP contribution in [0.2, 0.25) is 10.0 Å². The summed E-state index contributed by atoms with van der Waals surface area (Å²) in [4.78, 5) is 36.3. The molecular formula is C22H16Cl2N2O4S. The third-order valence-electron chi connectivity index (χ3n) is 4.05. The van der Waals surface area contributed by atoms with Gasteiger partial charge in [0.15, 0.2) is 0 Å². The van der Waals surface area contributed by atoms with Gasteiger partial charge in [-0.3, -0.25) is 9.59 Å². The van der Waals surface area contributed by atoms with Gasteiger partial charge >= 0.3 is 5.97 Å². The number of benzene rings is 3. The van der Waals surface area contributed by atoms with Gasteiger partial charge in [0.05, 0.1) is 21.9 Å². The van der Waals surface area contributed by atoms with E-state index in [1.807, 2.05) is 0 Å². The Morgan fingerprint density at radius 1 is 0.871 bits per heavy atom. The lowest BCUT2D eigenvalue weighted by Gasteiger charge is -2.09. The van der Waals surface area contributed by atoms with E-state index >= 15 is 0 Å². The third kappa shape index (κ3) is 6.49. The molecule has 0 atom stereocenters. The molecule has 2 amide bonds. The molecule has 3 rings (SSSR count). The van der Waals surface area contributed by atoms with Gasteiger partial charge in [-0.2, -0.15) is 0 Å². The molecule has 0 bridgehead atoms. The van der Waals surface area contributed by atoms with Crippen LogP contribution in [-0.4, -0.2) is 28.6 Å². The van der Waals surface area contributed by atoms with Gasteiger partial charge in [0.1, 0.15) is 0 Å². The molecule has 6 nitrogen and oxygen atoms in total. The average molecular weight is 475 g/mol. The van der Waals surface area contributed by atoms with Crippen molar-refractivity contribution in [1.29, 1.82) is 0 Å². The van der Waals surface area contributed by atoms with Crippen LogP contribution in [0, 0.1) is 0 Å². The van der Waals surface area contributed by atoms with Crippen LogP contribution in [0.25, 0.3) is 0 Å². The number of rotatable bonds is 7. The van der Waals surface area contributed by atoms with E-state index < -0.39 is 5.97 Å². The zero-order valence-electron chi connectivity index (χ0n) is 15.9. The second-order valence-electron chi connectivity index (χ2n) is 6.33. The summed E-state index contributed by atoms with van der Waals surface area (Å²) in [5.41, 5.74) is 1.41. The smallest absolute Gasteiger partial charge is 0.335 e. The number of anilines is 2. The van der Waals surface area contributed by atoms with E-state index in [-0.39, 0.29) is 28.2 Å². The van der Waals surface area contributed by atoms with Crippen molar-refractivity contribution in [1.82, 2.24) is 0 Å². The van der Waals surface area contributed by atoms with Crippen molar-refractivity contribution in [3.63, 3.8) is 0 Å². The fourth-order valence-electron chi connectivity index (χ4n) is 2.58. The van der Waals surface area contributed by atoms with E-state index in [0.717, 1.165) is 4.90 Å². The molecule has 0 aliphatic heterocycles. The Morgan fingerprint density at radius 2 is 1.61 bits per heavy atom. The molecule has 158 valence electrons. The number of carboxylic acids is 1. The number of carboxylic acid groups (broad SMARTS) is 1. The standard InChI is InChI=1S/C22H16Cl2N2O4S/c23-14-4-9-18(19(24)11-14)21(28)26-15-5-7-17(8-6-15)31-12-20(27)25-16-3-1-2-13(10-16)22(29)30/h1-11H,12H2,(H,25,27)(H,26,28)(H,29,30). The summed E-state index contributed by atoms with van der Waals surface area (Å²) in [6.45, 7) is 0. The molecule has 31 heavy (non-hydrogen) atoms. The van der Waals surface area contributed by atoms with Gasteiger partial charge in [-0.1, -0.05) is 29.3 Å². The first-order valence-corrected chi connectivity index (χ1v) is 10.7. The Bertz CT molecular complexity index is 1140. The quantitative estimate of drug-likeness (QED) is 0.383. The minimum absolute atomic E-state index is 0.1000. The summed E-state index contributed by atoms with van der Waals surface area (Å²) >= 11 is 13.2. The molecule has 0 radical (unpaired) electrons. The molecule has 3 N–H and O–H groups in total. The van der Waals surface area contributed by atoms with Crippen LogP contribution in [0.1, 0.15) is 20.7 Å². The number of amides is 2. The van der Waals surface area contributed by atoms with E-state index in [1.54, 1.807) is 48.5 Å². The summed E-state index contributed by atoms with van der Waals surface area (Å²) in [6.07, 6.45) is 0. The van der Waals surface area contributed by atoms with Crippen LogP contribution < -0.4 is 10.6 Å². The number of hydrogen-bond acceptors (Lipinski definition) is 4. The first-order valence-electron chi connectivity index (χ1n) is 8.94. The lowest BCUT2D eigenvalue weighted by molar-refractivity contribution is -0.113. The maximum Gasteiger partial charge on any atom is 0.335 e. The number of halogens is 2. The van der Waals surface area contributed by atoms with Crippen LogP contribution in [-0.2, 0) is 4.79 Å². The third-order valence-corrected chi connectivity index (χ3v) is 5.61. The number of carbonyl (C=O) groups is 3. The Hall–Kier alpha value is -3.00. The molecule has 0 saturated carbocycles. The Kier molecular flexibility index (Phi) is 7.57. The maximum absolute atomic E-state index is 12.4. The first-order chi connectivity index (χ1) is 14.8. The van der Waals surface area contributed by atoms with Crippen molar-refractivity contribution in [2.24, 2.45) is 0 Å². The monoisotopic (exact) mass is 474 g/mol. The highest BCUT2D eigenvalue weighted by atomic mass is 35.5. The zero-order valence-corrected chi connectivity index (χ0v) is 18.2. The second kappa shape index (κ2) is 10.3. The van der Waals surface area contributed by atoms with Crippen LogP contribution in [0.5, 0.6) is 0 Å². The Labute approximate surface area is 192 Å². The molecule has 9 heteroatoms. The Balaban J connectivity index is 1.53.